The van der Waals surface area contributed by atoms with Gasteiger partial charge in [0.1, 0.15) is 5.01 Å². The van der Waals surface area contributed by atoms with Crippen LogP contribution in [0.2, 0.25) is 5.02 Å². The minimum Gasteiger partial charge on any atom is -0.479 e. The number of hydrogen-bond donors (Lipinski definition) is 1. The second kappa shape index (κ2) is 10.6. The number of thiazole rings is 1. The number of aryl methyl sites for hydroxylation is 2. The van der Waals surface area contributed by atoms with E-state index in [-0.39, 0.29) is 0 Å². The Kier molecular flexibility index (Phi) is 7.03. The highest BCUT2D eigenvalue weighted by atomic mass is 35.5. The van der Waals surface area contributed by atoms with Gasteiger partial charge < -0.3 is 14.7 Å². The summed E-state index contributed by atoms with van der Waals surface area (Å²) in [5.74, 6) is 0.0221. The van der Waals surface area contributed by atoms with Gasteiger partial charge in [-0.3, -0.25) is 4.68 Å². The van der Waals surface area contributed by atoms with Crippen molar-refractivity contribution in [1.29, 1.82) is 0 Å². The number of nitrogens with zero attached hydrogens (tertiary/aromatic N) is 4. The highest BCUT2D eigenvalue weighted by Crippen LogP contribution is 2.49. The van der Waals surface area contributed by atoms with Crippen molar-refractivity contribution in [1.82, 2.24) is 14.8 Å². The number of aromatic nitrogens is 3. The summed E-state index contributed by atoms with van der Waals surface area (Å²) in [6.07, 6.45) is 4.18. The van der Waals surface area contributed by atoms with E-state index in [2.05, 4.69) is 23.1 Å². The van der Waals surface area contributed by atoms with Crippen LogP contribution in [0.5, 0.6) is 0 Å². The molecule has 1 saturated carbocycles. The Morgan fingerprint density at radius 2 is 1.75 bits per heavy atom. The molecule has 1 aliphatic heterocycles. The highest BCUT2D eigenvalue weighted by molar-refractivity contribution is 7.22. The van der Waals surface area contributed by atoms with Gasteiger partial charge in [0.2, 0.25) is 0 Å². The topological polar surface area (TPSA) is 80.5 Å². The predicted molar refractivity (Wildman–Crippen MR) is 179 cm³/mol. The van der Waals surface area contributed by atoms with Gasteiger partial charge in [-0.1, -0.05) is 36.6 Å². The first-order chi connectivity index (χ1) is 20.9. The van der Waals surface area contributed by atoms with Crippen molar-refractivity contribution in [3.63, 3.8) is 0 Å². The maximum Gasteiger partial charge on any atom is 0.337 e. The van der Waals surface area contributed by atoms with Crippen molar-refractivity contribution in [3.8, 4) is 21.7 Å². The molecule has 228 valence electrons. The van der Waals surface area contributed by atoms with Crippen LogP contribution in [0, 0.1) is 12.3 Å². The average molecular weight is 629 g/mol. The Hall–Kier alpha value is -3.46. The van der Waals surface area contributed by atoms with Gasteiger partial charge >= 0.3 is 5.97 Å². The van der Waals surface area contributed by atoms with E-state index in [1.807, 2.05) is 69.8 Å². The quantitative estimate of drug-likeness (QED) is 0.202. The summed E-state index contributed by atoms with van der Waals surface area (Å²) in [6, 6.07) is 16.0. The lowest BCUT2D eigenvalue weighted by Gasteiger charge is -2.48. The first-order valence-corrected chi connectivity index (χ1v) is 16.4. The van der Waals surface area contributed by atoms with Gasteiger partial charge in [-0.25, -0.2) is 9.78 Å². The van der Waals surface area contributed by atoms with Crippen LogP contribution in [0.15, 0.2) is 48.5 Å². The Morgan fingerprint density at radius 1 is 1.07 bits per heavy atom. The molecule has 5 aromatic rings. The minimum atomic E-state index is -1.15. The molecule has 1 spiro atoms. The van der Waals surface area contributed by atoms with Crippen LogP contribution in [0.4, 0.5) is 5.82 Å². The Balaban J connectivity index is 1.37. The van der Waals surface area contributed by atoms with Crippen LogP contribution in [-0.4, -0.2) is 44.5 Å². The number of aliphatic carboxylic acids is 1. The van der Waals surface area contributed by atoms with E-state index in [0.717, 1.165) is 67.3 Å². The number of fused-ring (bicyclic) bond motifs is 2. The lowest BCUT2D eigenvalue weighted by molar-refractivity contribution is -0.160. The van der Waals surface area contributed by atoms with E-state index in [0.29, 0.717) is 16.0 Å². The van der Waals surface area contributed by atoms with Crippen molar-refractivity contribution < 1.29 is 14.6 Å². The molecule has 44 heavy (non-hydrogen) atoms. The summed E-state index contributed by atoms with van der Waals surface area (Å²) in [6.45, 7) is 9.73. The third-order valence-corrected chi connectivity index (χ3v) is 10.5. The smallest absolute Gasteiger partial charge is 0.337 e. The molecule has 9 heteroatoms. The standard InChI is InChI=1S/C35H37ClN4O3S/c1-20-16-25-30(28(21-8-11-23(36)12-9-21)27(20)29(33(41)42)43-34(2,3)4)44-32(37-25)22-10-13-26-24(17-22)31(38-39(26)5)40-18-35(19-40)14-6-7-15-35/h8-13,16-17,29H,6-7,14-15,18-19H2,1-5H3,(H,41,42). The number of ether oxygens (including phenoxy) is 1. The summed E-state index contributed by atoms with van der Waals surface area (Å²) in [7, 11) is 2.01. The monoisotopic (exact) mass is 628 g/mol. The van der Waals surface area contributed by atoms with Crippen LogP contribution in [-0.2, 0) is 16.6 Å². The van der Waals surface area contributed by atoms with Gasteiger partial charge in [0, 0.05) is 52.7 Å². The summed E-state index contributed by atoms with van der Waals surface area (Å²) in [5, 5.41) is 17.9. The van der Waals surface area contributed by atoms with Crippen LogP contribution in [0.3, 0.4) is 0 Å². The third kappa shape index (κ3) is 5.07. The number of carboxylic acid groups (broad SMARTS) is 1. The van der Waals surface area contributed by atoms with Gasteiger partial charge in [0.15, 0.2) is 11.9 Å². The second-order valence-electron chi connectivity index (χ2n) is 13.5. The van der Waals surface area contributed by atoms with E-state index in [4.69, 9.17) is 26.4 Å². The molecular weight excluding hydrogens is 592 g/mol. The molecule has 1 atom stereocenters. The van der Waals surface area contributed by atoms with Gasteiger partial charge in [-0.15, -0.1) is 11.3 Å². The van der Waals surface area contributed by atoms with E-state index in [1.165, 1.54) is 25.7 Å². The van der Waals surface area contributed by atoms with E-state index < -0.39 is 17.7 Å². The Labute approximate surface area is 266 Å². The molecule has 2 aliphatic rings. The molecule has 2 fully saturated rings. The normalized spacial score (nSPS) is 17.1. The summed E-state index contributed by atoms with van der Waals surface area (Å²) >= 11 is 7.85. The van der Waals surface area contributed by atoms with Crippen molar-refractivity contribution in [3.05, 3.63) is 64.7 Å². The molecule has 7 nitrogen and oxygen atoms in total. The maximum atomic E-state index is 12.7. The van der Waals surface area contributed by atoms with Gasteiger partial charge in [0.25, 0.3) is 0 Å². The predicted octanol–water partition coefficient (Wildman–Crippen LogP) is 8.80. The molecule has 1 aliphatic carbocycles. The Bertz CT molecular complexity index is 1910. The molecule has 1 N–H and O–H groups in total. The second-order valence-corrected chi connectivity index (χ2v) is 15.0. The molecule has 7 rings (SSSR count). The minimum absolute atomic E-state index is 0.479. The number of hydrogen-bond acceptors (Lipinski definition) is 6. The van der Waals surface area contributed by atoms with E-state index in [9.17, 15) is 9.90 Å². The van der Waals surface area contributed by atoms with Crippen LogP contribution in [0.1, 0.15) is 63.7 Å². The van der Waals surface area contributed by atoms with Crippen LogP contribution < -0.4 is 4.90 Å². The molecule has 1 unspecified atom stereocenters. The fourth-order valence-corrected chi connectivity index (χ4v) is 8.38. The number of anilines is 1. The zero-order valence-electron chi connectivity index (χ0n) is 25.8. The number of carbonyl (C=O) groups is 1. The van der Waals surface area contributed by atoms with Gasteiger partial charge in [-0.2, -0.15) is 5.10 Å². The summed E-state index contributed by atoms with van der Waals surface area (Å²) in [4.78, 5) is 20.2. The van der Waals surface area contributed by atoms with E-state index >= 15 is 0 Å². The number of benzene rings is 3. The number of halogens is 1. The number of rotatable bonds is 6. The lowest BCUT2D eigenvalue weighted by atomic mass is 9.78. The molecule has 0 bridgehead atoms. The molecule has 2 aromatic heterocycles. The molecule has 3 aromatic carbocycles. The SMILES string of the molecule is Cc1cc2nc(-c3ccc4c(c3)c(N3CC5(CCCC5)C3)nn4C)sc2c(-c2ccc(Cl)cc2)c1C(OC(C)(C)C)C(=O)O. The van der Waals surface area contributed by atoms with Crippen LogP contribution in [0.25, 0.3) is 42.8 Å². The Morgan fingerprint density at radius 3 is 2.41 bits per heavy atom. The molecule has 0 amide bonds. The molecule has 0 radical (unpaired) electrons. The summed E-state index contributed by atoms with van der Waals surface area (Å²) < 4.78 is 9.07. The largest absolute Gasteiger partial charge is 0.479 e. The first-order valence-electron chi connectivity index (χ1n) is 15.2. The van der Waals surface area contributed by atoms with Gasteiger partial charge in [0.05, 0.1) is 21.3 Å². The first kappa shape index (κ1) is 29.3. The van der Waals surface area contributed by atoms with Crippen molar-refractivity contribution in [2.45, 2.75) is 65.1 Å². The van der Waals surface area contributed by atoms with Gasteiger partial charge in [-0.05, 0) is 88.1 Å². The fraction of sp³-hybridized carbons (Fsp3) is 0.400. The molecule has 1 saturated heterocycles. The van der Waals surface area contributed by atoms with Crippen LogP contribution >= 0.6 is 22.9 Å². The fourth-order valence-electron chi connectivity index (χ4n) is 7.13. The highest BCUT2D eigenvalue weighted by Gasteiger charge is 2.46. The lowest BCUT2D eigenvalue weighted by Crippen LogP contribution is -2.55. The van der Waals surface area contributed by atoms with Crippen molar-refractivity contribution in [2.75, 3.05) is 18.0 Å². The third-order valence-electron chi connectivity index (χ3n) is 9.11. The molecular formula is C35H37ClN4O3S. The van der Waals surface area contributed by atoms with Crippen molar-refractivity contribution in [2.24, 2.45) is 12.5 Å². The van der Waals surface area contributed by atoms with Crippen molar-refractivity contribution >= 4 is 55.8 Å². The maximum absolute atomic E-state index is 12.7. The summed E-state index contributed by atoms with van der Waals surface area (Å²) in [5.41, 5.74) is 5.92. The molecule has 3 heterocycles. The zero-order valence-corrected chi connectivity index (χ0v) is 27.3. The zero-order chi connectivity index (χ0) is 31.0. The average Bonchev–Trinajstić information content (AvgIpc) is 3.68. The number of carboxylic acids is 1. The van der Waals surface area contributed by atoms with E-state index in [1.54, 1.807) is 11.3 Å².